The van der Waals surface area contributed by atoms with Gasteiger partial charge in [0.1, 0.15) is 9.75 Å². The van der Waals surface area contributed by atoms with E-state index in [1.54, 1.807) is 30.3 Å². The van der Waals surface area contributed by atoms with Crippen molar-refractivity contribution in [2.45, 2.75) is 14.1 Å². The molecule has 0 aromatic heterocycles. The summed E-state index contributed by atoms with van der Waals surface area (Å²) in [7, 11) is 0. The summed E-state index contributed by atoms with van der Waals surface area (Å²) in [6, 6.07) is 8.44. The van der Waals surface area contributed by atoms with Crippen LogP contribution in [0.3, 0.4) is 0 Å². The van der Waals surface area contributed by atoms with Gasteiger partial charge in [0.15, 0.2) is 4.33 Å². The van der Waals surface area contributed by atoms with Crippen LogP contribution in [0, 0.1) is 11.8 Å². The van der Waals surface area contributed by atoms with Gasteiger partial charge in [0, 0.05) is 0 Å². The summed E-state index contributed by atoms with van der Waals surface area (Å²) in [6.07, 6.45) is 0. The largest absolute Gasteiger partial charge is 0.274 e. The van der Waals surface area contributed by atoms with Gasteiger partial charge in [-0.3, -0.25) is 9.59 Å². The molecular weight excluding hydrogens is 439 g/mol. The summed E-state index contributed by atoms with van der Waals surface area (Å²) in [5, 5.41) is -0.189. The molecule has 1 saturated heterocycles. The van der Waals surface area contributed by atoms with E-state index < -0.39 is 37.7 Å². The monoisotopic (exact) mass is 443 g/mol. The van der Waals surface area contributed by atoms with Crippen LogP contribution in [-0.4, -0.2) is 25.9 Å². The number of amides is 2. The molecule has 126 valence electrons. The normalized spacial score (nSPS) is 39.8. The zero-order valence-electron chi connectivity index (χ0n) is 11.6. The molecule has 0 unspecified atom stereocenters. The van der Waals surface area contributed by atoms with Gasteiger partial charge in [-0.25, -0.2) is 4.90 Å². The number of carbonyl (C=O) groups excluding carboxylic acids is 2. The number of rotatable bonds is 1. The fourth-order valence-electron chi connectivity index (χ4n) is 3.83. The van der Waals surface area contributed by atoms with E-state index in [2.05, 4.69) is 0 Å². The minimum absolute atomic E-state index is 0.0943. The average molecular weight is 446 g/mol. The maximum atomic E-state index is 13.0. The number of imide groups is 1. The first-order chi connectivity index (χ1) is 11.1. The van der Waals surface area contributed by atoms with Crippen molar-refractivity contribution in [3.05, 3.63) is 40.4 Å². The molecule has 1 aromatic rings. The molecule has 2 amide bonds. The topological polar surface area (TPSA) is 37.4 Å². The average Bonchev–Trinajstić information content (AvgIpc) is 2.93. The van der Waals surface area contributed by atoms with Crippen molar-refractivity contribution < 1.29 is 9.59 Å². The zero-order chi connectivity index (χ0) is 17.7. The van der Waals surface area contributed by atoms with Gasteiger partial charge in [0.25, 0.3) is 0 Å². The van der Waals surface area contributed by atoms with E-state index in [1.807, 2.05) is 0 Å². The molecule has 9 heteroatoms. The highest BCUT2D eigenvalue weighted by atomic mass is 35.5. The molecule has 3 nitrogen and oxygen atoms in total. The number of nitrogens with zero attached hydrogens (tertiary/aromatic N) is 1. The van der Waals surface area contributed by atoms with Crippen LogP contribution in [-0.2, 0) is 9.59 Å². The van der Waals surface area contributed by atoms with Crippen LogP contribution in [0.4, 0.5) is 5.69 Å². The number of carbonyl (C=O) groups is 2. The Balaban J connectivity index is 1.93. The van der Waals surface area contributed by atoms with Gasteiger partial charge >= 0.3 is 0 Å². The molecule has 24 heavy (non-hydrogen) atoms. The van der Waals surface area contributed by atoms with Gasteiger partial charge < -0.3 is 0 Å². The van der Waals surface area contributed by atoms with Gasteiger partial charge in [0.2, 0.25) is 11.8 Å². The van der Waals surface area contributed by atoms with Crippen LogP contribution < -0.4 is 4.90 Å². The summed E-state index contributed by atoms with van der Waals surface area (Å²) in [5.41, 5.74) is 0.406. The second kappa shape index (κ2) is 4.97. The Kier molecular flexibility index (Phi) is 3.57. The SMILES string of the molecule is O=C1[C@@H]2[C@@H](C(=O)N1c1ccccc1)[C@@]1(Cl)C(Cl)=C(Cl)[C@@]2(Cl)C1(Cl)Cl. The van der Waals surface area contributed by atoms with Gasteiger partial charge in [-0.05, 0) is 12.1 Å². The van der Waals surface area contributed by atoms with E-state index in [0.717, 1.165) is 4.90 Å². The third-order valence-corrected chi connectivity index (χ3v) is 9.18. The molecular formula is C15H7Cl6NO2. The van der Waals surface area contributed by atoms with Crippen molar-refractivity contribution >= 4 is 87.1 Å². The first-order valence-corrected chi connectivity index (χ1v) is 9.13. The summed E-state index contributed by atoms with van der Waals surface area (Å²) in [6.45, 7) is 0. The van der Waals surface area contributed by atoms with Gasteiger partial charge in [0.05, 0.1) is 27.6 Å². The molecule has 2 fully saturated rings. The maximum Gasteiger partial charge on any atom is 0.240 e. The standard InChI is InChI=1S/C15H7Cl6NO2/c16-9-10(17)14(19)8-7(13(9,18)15(14,20)21)11(23)22(12(8)24)6-4-2-1-3-5-6/h1-5,7-8H/t7-,8-,13+,14+/m0/s1. The molecule has 1 heterocycles. The molecule has 0 N–H and O–H groups in total. The minimum Gasteiger partial charge on any atom is -0.274 e. The Morgan fingerprint density at radius 3 is 1.62 bits per heavy atom. The Morgan fingerprint density at radius 1 is 0.792 bits per heavy atom. The summed E-state index contributed by atoms with van der Waals surface area (Å²) in [4.78, 5) is 23.5. The summed E-state index contributed by atoms with van der Waals surface area (Å²) in [5.74, 6) is -3.31. The molecule has 1 saturated carbocycles. The zero-order valence-corrected chi connectivity index (χ0v) is 16.1. The number of allylic oxidation sites excluding steroid dienone is 2. The van der Waals surface area contributed by atoms with Crippen LogP contribution in [0.25, 0.3) is 0 Å². The fourth-order valence-corrected chi connectivity index (χ4v) is 6.76. The first-order valence-electron chi connectivity index (χ1n) is 6.86. The molecule has 1 aromatic carbocycles. The fraction of sp³-hybridized carbons (Fsp3) is 0.333. The quantitative estimate of drug-likeness (QED) is 0.466. The highest BCUT2D eigenvalue weighted by Gasteiger charge is 2.87. The lowest BCUT2D eigenvalue weighted by Crippen LogP contribution is -2.50. The third kappa shape index (κ3) is 1.57. The molecule has 4 rings (SSSR count). The Labute approximate surface area is 167 Å². The third-order valence-electron chi connectivity index (χ3n) is 4.92. The minimum atomic E-state index is -1.90. The molecule has 1 aliphatic heterocycles. The van der Waals surface area contributed by atoms with Crippen LogP contribution in [0.15, 0.2) is 40.4 Å². The van der Waals surface area contributed by atoms with Crippen LogP contribution >= 0.6 is 69.6 Å². The second-order valence-corrected chi connectivity index (χ2v) is 9.20. The highest BCUT2D eigenvalue weighted by molar-refractivity contribution is 6.67. The van der Waals surface area contributed by atoms with E-state index in [0.29, 0.717) is 5.69 Å². The molecule has 2 bridgehead atoms. The van der Waals surface area contributed by atoms with Crippen LogP contribution in [0.1, 0.15) is 0 Å². The Morgan fingerprint density at radius 2 is 1.21 bits per heavy atom. The number of halogens is 6. The molecule has 0 radical (unpaired) electrons. The number of para-hydroxylation sites is 1. The van der Waals surface area contributed by atoms with E-state index in [1.165, 1.54) is 0 Å². The molecule has 2 aliphatic carbocycles. The predicted molar refractivity (Wildman–Crippen MR) is 96.3 cm³/mol. The first kappa shape index (κ1) is 17.3. The van der Waals surface area contributed by atoms with Gasteiger partial charge in [-0.2, -0.15) is 0 Å². The lowest BCUT2D eigenvalue weighted by molar-refractivity contribution is -0.123. The van der Waals surface area contributed by atoms with E-state index in [9.17, 15) is 9.59 Å². The van der Waals surface area contributed by atoms with E-state index >= 15 is 0 Å². The van der Waals surface area contributed by atoms with E-state index in [4.69, 9.17) is 69.6 Å². The van der Waals surface area contributed by atoms with Crippen molar-refractivity contribution in [3.63, 3.8) is 0 Å². The summed E-state index contributed by atoms with van der Waals surface area (Å²) >= 11 is 38.5. The number of hydrogen-bond acceptors (Lipinski definition) is 2. The number of alkyl halides is 4. The number of anilines is 1. The van der Waals surface area contributed by atoms with Crippen molar-refractivity contribution in [1.29, 1.82) is 0 Å². The van der Waals surface area contributed by atoms with Crippen LogP contribution in [0.2, 0.25) is 0 Å². The number of hydrogen-bond donors (Lipinski definition) is 0. The maximum absolute atomic E-state index is 13.0. The number of fused-ring (bicyclic) bond motifs is 5. The molecule has 4 atom stereocenters. The smallest absolute Gasteiger partial charge is 0.240 e. The molecule has 0 spiro atoms. The Bertz CT molecular complexity index is 779. The van der Waals surface area contributed by atoms with Gasteiger partial charge in [-0.1, -0.05) is 64.6 Å². The predicted octanol–water partition coefficient (Wildman–Crippen LogP) is 4.64. The summed E-state index contributed by atoms with van der Waals surface area (Å²) < 4.78 is -1.90. The lowest BCUT2D eigenvalue weighted by atomic mass is 9.84. The highest BCUT2D eigenvalue weighted by Crippen LogP contribution is 2.77. The van der Waals surface area contributed by atoms with E-state index in [-0.39, 0.29) is 10.1 Å². The molecule has 3 aliphatic rings. The Hall–Kier alpha value is -0.160. The van der Waals surface area contributed by atoms with Crippen molar-refractivity contribution in [3.8, 4) is 0 Å². The lowest BCUT2D eigenvalue weighted by Gasteiger charge is -2.34. The van der Waals surface area contributed by atoms with Crippen molar-refractivity contribution in [2.75, 3.05) is 4.90 Å². The van der Waals surface area contributed by atoms with Crippen molar-refractivity contribution in [1.82, 2.24) is 0 Å². The van der Waals surface area contributed by atoms with Gasteiger partial charge in [-0.15, -0.1) is 23.2 Å². The second-order valence-electron chi connectivity index (χ2n) is 5.93. The van der Waals surface area contributed by atoms with Crippen molar-refractivity contribution in [2.24, 2.45) is 11.8 Å². The number of benzene rings is 1. The van der Waals surface area contributed by atoms with Crippen LogP contribution in [0.5, 0.6) is 0 Å².